The number of rotatable bonds is 5. The minimum absolute atomic E-state index is 0.0670. The van der Waals surface area contributed by atoms with Gasteiger partial charge in [-0.1, -0.05) is 30.7 Å². The van der Waals surface area contributed by atoms with Gasteiger partial charge >= 0.3 is 0 Å². The molecule has 0 saturated carbocycles. The lowest BCUT2D eigenvalue weighted by Gasteiger charge is -2.33. The highest BCUT2D eigenvalue weighted by Gasteiger charge is 2.29. The van der Waals surface area contributed by atoms with E-state index in [1.807, 2.05) is 19.1 Å². The lowest BCUT2D eigenvalue weighted by atomic mass is 9.87. The van der Waals surface area contributed by atoms with Crippen molar-refractivity contribution in [3.8, 4) is 0 Å². The summed E-state index contributed by atoms with van der Waals surface area (Å²) in [5.74, 6) is -0.284. The van der Waals surface area contributed by atoms with E-state index >= 15 is 0 Å². The molecule has 0 fully saturated rings. The third-order valence-electron chi connectivity index (χ3n) is 3.50. The van der Waals surface area contributed by atoms with Gasteiger partial charge in [-0.15, -0.1) is 0 Å². The minimum Gasteiger partial charge on any atom is -0.394 e. The Morgan fingerprint density at radius 2 is 1.70 bits per heavy atom. The van der Waals surface area contributed by atoms with Gasteiger partial charge in [0.15, 0.2) is 0 Å². The van der Waals surface area contributed by atoms with Crippen LogP contribution in [0.2, 0.25) is 5.02 Å². The van der Waals surface area contributed by atoms with Gasteiger partial charge in [0, 0.05) is 10.7 Å². The fourth-order valence-corrected chi connectivity index (χ4v) is 2.31. The molecule has 0 amide bonds. The Balaban J connectivity index is 2.33. The Labute approximate surface area is 123 Å². The van der Waals surface area contributed by atoms with Crippen molar-refractivity contribution in [3.05, 3.63) is 64.9 Å². The summed E-state index contributed by atoms with van der Waals surface area (Å²) in [6.45, 7) is 1.92. The van der Waals surface area contributed by atoms with Gasteiger partial charge in [-0.3, -0.25) is 0 Å². The molecule has 0 aliphatic carbocycles. The number of anilines is 1. The second kappa shape index (κ2) is 6.25. The van der Waals surface area contributed by atoms with Crippen LogP contribution in [0.3, 0.4) is 0 Å². The van der Waals surface area contributed by atoms with E-state index in [2.05, 4.69) is 5.32 Å². The van der Waals surface area contributed by atoms with Crippen LogP contribution in [0.5, 0.6) is 0 Å². The number of aliphatic hydroxyl groups excluding tert-OH is 1. The molecule has 2 rings (SSSR count). The van der Waals surface area contributed by atoms with Gasteiger partial charge in [-0.2, -0.15) is 0 Å². The van der Waals surface area contributed by atoms with Crippen molar-refractivity contribution in [2.24, 2.45) is 0 Å². The Bertz CT molecular complexity index is 550. The summed E-state index contributed by atoms with van der Waals surface area (Å²) in [6, 6.07) is 13.5. The molecule has 0 saturated heterocycles. The van der Waals surface area contributed by atoms with Crippen LogP contribution in [0, 0.1) is 5.82 Å². The predicted octanol–water partition coefficient (Wildman–Crippen LogP) is 4.19. The first-order valence-electron chi connectivity index (χ1n) is 6.50. The molecule has 2 aromatic rings. The van der Waals surface area contributed by atoms with Crippen molar-refractivity contribution in [2.45, 2.75) is 18.9 Å². The molecule has 1 atom stereocenters. The van der Waals surface area contributed by atoms with E-state index in [0.29, 0.717) is 11.4 Å². The highest BCUT2D eigenvalue weighted by molar-refractivity contribution is 6.30. The summed E-state index contributed by atoms with van der Waals surface area (Å²) >= 11 is 5.90. The molecule has 0 spiro atoms. The molecule has 2 N–H and O–H groups in total. The molecular weight excluding hydrogens is 277 g/mol. The van der Waals surface area contributed by atoms with Crippen molar-refractivity contribution in [2.75, 3.05) is 11.9 Å². The van der Waals surface area contributed by atoms with Crippen LogP contribution < -0.4 is 5.32 Å². The lowest BCUT2D eigenvalue weighted by Crippen LogP contribution is -2.38. The third kappa shape index (κ3) is 3.11. The average Bonchev–Trinajstić information content (AvgIpc) is 2.48. The van der Waals surface area contributed by atoms with Crippen molar-refractivity contribution in [1.82, 2.24) is 0 Å². The molecule has 0 bridgehead atoms. The van der Waals surface area contributed by atoms with Crippen LogP contribution in [0.15, 0.2) is 48.5 Å². The Kier molecular flexibility index (Phi) is 4.63. The molecule has 0 heterocycles. The fraction of sp³-hybridized carbons (Fsp3) is 0.250. The van der Waals surface area contributed by atoms with Crippen molar-refractivity contribution >= 4 is 17.3 Å². The van der Waals surface area contributed by atoms with E-state index in [0.717, 1.165) is 11.3 Å². The monoisotopic (exact) mass is 293 g/mol. The standard InChI is InChI=1S/C16H17ClFNO/c1-2-16(11-20,12-3-5-13(17)6-4-12)19-15-9-7-14(18)8-10-15/h3-10,19-20H,2,11H2,1H3. The van der Waals surface area contributed by atoms with Crippen LogP contribution in [0.4, 0.5) is 10.1 Å². The summed E-state index contributed by atoms with van der Waals surface area (Å²) in [6.07, 6.45) is 0.683. The Morgan fingerprint density at radius 3 is 2.20 bits per heavy atom. The van der Waals surface area contributed by atoms with Gasteiger partial charge in [0.25, 0.3) is 0 Å². The summed E-state index contributed by atoms with van der Waals surface area (Å²) in [4.78, 5) is 0. The topological polar surface area (TPSA) is 32.3 Å². The van der Waals surface area contributed by atoms with E-state index in [-0.39, 0.29) is 12.4 Å². The number of benzene rings is 2. The van der Waals surface area contributed by atoms with Gasteiger partial charge < -0.3 is 10.4 Å². The molecule has 4 heteroatoms. The normalized spacial score (nSPS) is 13.8. The Morgan fingerprint density at radius 1 is 1.10 bits per heavy atom. The maximum atomic E-state index is 13.0. The maximum absolute atomic E-state index is 13.0. The van der Waals surface area contributed by atoms with Gasteiger partial charge in [0.05, 0.1) is 12.1 Å². The first-order chi connectivity index (χ1) is 9.59. The smallest absolute Gasteiger partial charge is 0.123 e. The molecule has 2 nitrogen and oxygen atoms in total. The number of aliphatic hydroxyl groups is 1. The van der Waals surface area contributed by atoms with Crippen LogP contribution in [-0.2, 0) is 5.54 Å². The summed E-state index contributed by atoms with van der Waals surface area (Å²) < 4.78 is 13.0. The van der Waals surface area contributed by atoms with Gasteiger partial charge in [0.2, 0.25) is 0 Å². The maximum Gasteiger partial charge on any atom is 0.123 e. The van der Waals surface area contributed by atoms with E-state index in [9.17, 15) is 9.50 Å². The number of halogens is 2. The van der Waals surface area contributed by atoms with E-state index in [1.54, 1.807) is 24.3 Å². The number of nitrogens with one attached hydrogen (secondary N) is 1. The van der Waals surface area contributed by atoms with Crippen LogP contribution in [0.25, 0.3) is 0 Å². The predicted molar refractivity (Wildman–Crippen MR) is 80.5 cm³/mol. The second-order valence-corrected chi connectivity index (χ2v) is 5.17. The third-order valence-corrected chi connectivity index (χ3v) is 3.75. The molecule has 0 aromatic heterocycles. The molecule has 0 radical (unpaired) electrons. The highest BCUT2D eigenvalue weighted by atomic mass is 35.5. The molecule has 2 aromatic carbocycles. The lowest BCUT2D eigenvalue weighted by molar-refractivity contribution is 0.207. The zero-order valence-electron chi connectivity index (χ0n) is 11.2. The van der Waals surface area contributed by atoms with Gasteiger partial charge in [-0.05, 0) is 48.4 Å². The van der Waals surface area contributed by atoms with Gasteiger partial charge in [-0.25, -0.2) is 4.39 Å². The van der Waals surface area contributed by atoms with Crippen LogP contribution in [-0.4, -0.2) is 11.7 Å². The Hall–Kier alpha value is -1.58. The quantitative estimate of drug-likeness (QED) is 0.866. The SMILES string of the molecule is CCC(CO)(Nc1ccc(F)cc1)c1ccc(Cl)cc1. The van der Waals surface area contributed by atoms with Crippen LogP contribution >= 0.6 is 11.6 Å². The zero-order valence-corrected chi connectivity index (χ0v) is 12.0. The highest BCUT2D eigenvalue weighted by Crippen LogP contribution is 2.30. The largest absolute Gasteiger partial charge is 0.394 e. The van der Waals surface area contributed by atoms with Crippen molar-refractivity contribution in [1.29, 1.82) is 0 Å². The second-order valence-electron chi connectivity index (χ2n) is 4.73. The molecular formula is C16H17ClFNO. The summed E-state index contributed by atoms with van der Waals surface area (Å²) in [5, 5.41) is 13.8. The van der Waals surface area contributed by atoms with Gasteiger partial charge in [0.1, 0.15) is 5.82 Å². The molecule has 20 heavy (non-hydrogen) atoms. The summed E-state index contributed by atoms with van der Waals surface area (Å²) in [7, 11) is 0. The first-order valence-corrected chi connectivity index (χ1v) is 6.88. The minimum atomic E-state index is -0.609. The van der Waals surface area contributed by atoms with Crippen LogP contribution in [0.1, 0.15) is 18.9 Å². The zero-order chi connectivity index (χ0) is 14.6. The van der Waals surface area contributed by atoms with Crippen molar-refractivity contribution < 1.29 is 9.50 Å². The van der Waals surface area contributed by atoms with E-state index in [4.69, 9.17) is 11.6 Å². The van der Waals surface area contributed by atoms with Crippen molar-refractivity contribution in [3.63, 3.8) is 0 Å². The number of hydrogen-bond donors (Lipinski definition) is 2. The average molecular weight is 294 g/mol. The molecule has 106 valence electrons. The summed E-state index contributed by atoms with van der Waals surface area (Å²) in [5.41, 5.74) is 1.09. The van der Waals surface area contributed by atoms with E-state index < -0.39 is 5.54 Å². The number of hydrogen-bond acceptors (Lipinski definition) is 2. The van der Waals surface area contributed by atoms with E-state index in [1.165, 1.54) is 12.1 Å². The molecule has 1 unspecified atom stereocenters. The molecule has 0 aliphatic rings. The fourth-order valence-electron chi connectivity index (χ4n) is 2.19. The molecule has 0 aliphatic heterocycles. The first kappa shape index (κ1) is 14.8.